The SMILES string of the molecule is COCCCOCCC(C(=O)O)c1ccccc1. The van der Waals surface area contributed by atoms with Gasteiger partial charge in [0.25, 0.3) is 0 Å². The number of hydrogen-bond donors (Lipinski definition) is 1. The van der Waals surface area contributed by atoms with Crippen molar-refractivity contribution in [1.29, 1.82) is 0 Å². The molecule has 4 heteroatoms. The lowest BCUT2D eigenvalue weighted by Gasteiger charge is -2.12. The maximum atomic E-state index is 11.2. The van der Waals surface area contributed by atoms with Crippen LogP contribution in [0.4, 0.5) is 0 Å². The second-order valence-corrected chi connectivity index (χ2v) is 4.05. The van der Waals surface area contributed by atoms with Crippen LogP contribution in [0.1, 0.15) is 24.3 Å². The normalized spacial score (nSPS) is 12.3. The molecule has 0 aliphatic rings. The Morgan fingerprint density at radius 2 is 1.94 bits per heavy atom. The van der Waals surface area contributed by atoms with Crippen LogP contribution in [0.3, 0.4) is 0 Å². The first-order valence-electron chi connectivity index (χ1n) is 6.10. The Bertz CT molecular complexity index is 337. The number of hydrogen-bond acceptors (Lipinski definition) is 3. The molecule has 0 fully saturated rings. The van der Waals surface area contributed by atoms with E-state index in [0.717, 1.165) is 12.0 Å². The molecular weight excluding hydrogens is 232 g/mol. The fourth-order valence-corrected chi connectivity index (χ4v) is 1.73. The average Bonchev–Trinajstić information content (AvgIpc) is 2.38. The van der Waals surface area contributed by atoms with Crippen molar-refractivity contribution in [2.24, 2.45) is 0 Å². The molecule has 0 heterocycles. The summed E-state index contributed by atoms with van der Waals surface area (Å²) in [5, 5.41) is 9.19. The predicted molar refractivity (Wildman–Crippen MR) is 68.7 cm³/mol. The Hall–Kier alpha value is -1.39. The summed E-state index contributed by atoms with van der Waals surface area (Å²) in [5.74, 6) is -1.30. The van der Waals surface area contributed by atoms with Crippen LogP contribution in [0.2, 0.25) is 0 Å². The van der Waals surface area contributed by atoms with E-state index in [2.05, 4.69) is 0 Å². The number of carbonyl (C=O) groups is 1. The molecule has 1 aromatic rings. The molecule has 1 rings (SSSR count). The molecular formula is C14H20O4. The lowest BCUT2D eigenvalue weighted by molar-refractivity contribution is -0.139. The minimum atomic E-state index is -0.804. The fourth-order valence-electron chi connectivity index (χ4n) is 1.73. The predicted octanol–water partition coefficient (Wildman–Crippen LogP) is 2.30. The minimum absolute atomic E-state index is 0.454. The quantitative estimate of drug-likeness (QED) is 0.685. The van der Waals surface area contributed by atoms with Crippen LogP contribution in [-0.4, -0.2) is 38.0 Å². The molecule has 1 aromatic carbocycles. The summed E-state index contributed by atoms with van der Waals surface area (Å²) in [4.78, 5) is 11.2. The van der Waals surface area contributed by atoms with Gasteiger partial charge < -0.3 is 14.6 Å². The molecule has 0 aliphatic heterocycles. The molecule has 0 bridgehead atoms. The van der Waals surface area contributed by atoms with Crippen molar-refractivity contribution in [2.45, 2.75) is 18.8 Å². The van der Waals surface area contributed by atoms with Gasteiger partial charge in [-0.15, -0.1) is 0 Å². The van der Waals surface area contributed by atoms with Gasteiger partial charge in [-0.05, 0) is 18.4 Å². The van der Waals surface area contributed by atoms with Crippen LogP contribution in [-0.2, 0) is 14.3 Å². The van der Waals surface area contributed by atoms with Gasteiger partial charge in [-0.3, -0.25) is 4.79 Å². The maximum absolute atomic E-state index is 11.2. The van der Waals surface area contributed by atoms with Crippen molar-refractivity contribution >= 4 is 5.97 Å². The molecule has 0 aliphatic carbocycles. The molecule has 0 amide bonds. The Morgan fingerprint density at radius 1 is 1.22 bits per heavy atom. The Balaban J connectivity index is 2.34. The lowest BCUT2D eigenvalue weighted by Crippen LogP contribution is -2.14. The summed E-state index contributed by atoms with van der Waals surface area (Å²) in [6.07, 6.45) is 1.33. The largest absolute Gasteiger partial charge is 0.481 e. The summed E-state index contributed by atoms with van der Waals surface area (Å²) in [7, 11) is 1.65. The third kappa shape index (κ3) is 5.29. The molecule has 1 N–H and O–H groups in total. The van der Waals surface area contributed by atoms with E-state index < -0.39 is 11.9 Å². The van der Waals surface area contributed by atoms with Gasteiger partial charge in [0, 0.05) is 26.9 Å². The van der Waals surface area contributed by atoms with E-state index in [4.69, 9.17) is 9.47 Å². The van der Waals surface area contributed by atoms with Gasteiger partial charge in [0.05, 0.1) is 5.92 Å². The third-order valence-corrected chi connectivity index (χ3v) is 2.69. The average molecular weight is 252 g/mol. The molecule has 1 atom stereocenters. The number of carboxylic acid groups (broad SMARTS) is 1. The topological polar surface area (TPSA) is 55.8 Å². The fraction of sp³-hybridized carbons (Fsp3) is 0.500. The number of methoxy groups -OCH3 is 1. The molecule has 0 radical (unpaired) electrons. The van der Waals surface area contributed by atoms with Crippen LogP contribution in [0, 0.1) is 0 Å². The number of carboxylic acids is 1. The molecule has 4 nitrogen and oxygen atoms in total. The summed E-state index contributed by atoms with van der Waals surface area (Å²) in [5.41, 5.74) is 0.825. The first kappa shape index (κ1) is 14.7. The molecule has 0 saturated carbocycles. The molecule has 0 aromatic heterocycles. The van der Waals surface area contributed by atoms with E-state index in [1.807, 2.05) is 30.3 Å². The summed E-state index contributed by atoms with van der Waals surface area (Å²) in [6.45, 7) is 1.73. The van der Waals surface area contributed by atoms with Crippen LogP contribution in [0.15, 0.2) is 30.3 Å². The van der Waals surface area contributed by atoms with Gasteiger partial charge in [-0.25, -0.2) is 0 Å². The number of benzene rings is 1. The van der Waals surface area contributed by atoms with E-state index in [1.165, 1.54) is 0 Å². The number of rotatable bonds is 9. The highest BCUT2D eigenvalue weighted by Gasteiger charge is 2.18. The molecule has 0 saturated heterocycles. The van der Waals surface area contributed by atoms with Crippen molar-refractivity contribution in [3.8, 4) is 0 Å². The summed E-state index contributed by atoms with van der Waals surface area (Å²) < 4.78 is 10.3. The maximum Gasteiger partial charge on any atom is 0.311 e. The zero-order valence-corrected chi connectivity index (χ0v) is 10.7. The highest BCUT2D eigenvalue weighted by atomic mass is 16.5. The van der Waals surface area contributed by atoms with Gasteiger partial charge in [0.1, 0.15) is 0 Å². The first-order chi connectivity index (χ1) is 8.75. The second-order valence-electron chi connectivity index (χ2n) is 4.05. The zero-order chi connectivity index (χ0) is 13.2. The third-order valence-electron chi connectivity index (χ3n) is 2.69. The Kier molecular flexibility index (Phi) is 7.06. The second kappa shape index (κ2) is 8.66. The summed E-state index contributed by atoms with van der Waals surface area (Å²) in [6, 6.07) is 9.26. The Labute approximate surface area is 108 Å². The van der Waals surface area contributed by atoms with Crippen molar-refractivity contribution in [2.75, 3.05) is 26.9 Å². The highest BCUT2D eigenvalue weighted by Crippen LogP contribution is 2.19. The van der Waals surface area contributed by atoms with E-state index in [0.29, 0.717) is 26.2 Å². The van der Waals surface area contributed by atoms with Gasteiger partial charge in [-0.2, -0.15) is 0 Å². The monoisotopic (exact) mass is 252 g/mol. The molecule has 1 unspecified atom stereocenters. The van der Waals surface area contributed by atoms with E-state index in [-0.39, 0.29) is 0 Å². The van der Waals surface area contributed by atoms with Crippen LogP contribution in [0.5, 0.6) is 0 Å². The van der Waals surface area contributed by atoms with Gasteiger partial charge in [0.15, 0.2) is 0 Å². The number of ether oxygens (including phenoxy) is 2. The van der Waals surface area contributed by atoms with Crippen molar-refractivity contribution in [3.63, 3.8) is 0 Å². The molecule has 18 heavy (non-hydrogen) atoms. The molecule has 100 valence electrons. The van der Waals surface area contributed by atoms with Crippen molar-refractivity contribution < 1.29 is 19.4 Å². The van der Waals surface area contributed by atoms with Gasteiger partial charge >= 0.3 is 5.97 Å². The van der Waals surface area contributed by atoms with E-state index in [1.54, 1.807) is 7.11 Å². The zero-order valence-electron chi connectivity index (χ0n) is 10.7. The van der Waals surface area contributed by atoms with E-state index in [9.17, 15) is 9.90 Å². The Morgan fingerprint density at radius 3 is 2.56 bits per heavy atom. The van der Waals surface area contributed by atoms with Gasteiger partial charge in [0.2, 0.25) is 0 Å². The van der Waals surface area contributed by atoms with Crippen LogP contribution in [0.25, 0.3) is 0 Å². The van der Waals surface area contributed by atoms with Gasteiger partial charge in [-0.1, -0.05) is 30.3 Å². The number of aliphatic carboxylic acids is 1. The minimum Gasteiger partial charge on any atom is -0.481 e. The first-order valence-corrected chi connectivity index (χ1v) is 6.10. The van der Waals surface area contributed by atoms with Crippen molar-refractivity contribution in [1.82, 2.24) is 0 Å². The lowest BCUT2D eigenvalue weighted by atomic mass is 9.96. The molecule has 0 spiro atoms. The van der Waals surface area contributed by atoms with Crippen LogP contribution < -0.4 is 0 Å². The smallest absolute Gasteiger partial charge is 0.311 e. The van der Waals surface area contributed by atoms with Crippen molar-refractivity contribution in [3.05, 3.63) is 35.9 Å². The van der Waals surface area contributed by atoms with Crippen LogP contribution >= 0.6 is 0 Å². The highest BCUT2D eigenvalue weighted by molar-refractivity contribution is 5.75. The van der Waals surface area contributed by atoms with E-state index >= 15 is 0 Å². The summed E-state index contributed by atoms with van der Waals surface area (Å²) >= 11 is 0. The standard InChI is InChI=1S/C14H20O4/c1-17-9-5-10-18-11-8-13(14(15)16)12-6-3-2-4-7-12/h2-4,6-7,13H,5,8-11H2,1H3,(H,15,16).